The van der Waals surface area contributed by atoms with Crippen LogP contribution in [0.1, 0.15) is 24.1 Å². The van der Waals surface area contributed by atoms with E-state index in [-0.39, 0.29) is 30.2 Å². The molecule has 0 unspecified atom stereocenters. The summed E-state index contributed by atoms with van der Waals surface area (Å²) in [5, 5.41) is 4.31. The number of hydrogen-bond acceptors (Lipinski definition) is 5. The van der Waals surface area contributed by atoms with Crippen LogP contribution in [0.4, 0.5) is 5.95 Å². The van der Waals surface area contributed by atoms with Crippen molar-refractivity contribution in [1.29, 1.82) is 0 Å². The van der Waals surface area contributed by atoms with Gasteiger partial charge in [0.05, 0.1) is 5.69 Å². The first-order chi connectivity index (χ1) is 12.7. The minimum Gasteiger partial charge on any atom is -0.338 e. The number of nitrogens with one attached hydrogen (secondary N) is 1. The van der Waals surface area contributed by atoms with Crippen LogP contribution in [0.2, 0.25) is 5.02 Å². The summed E-state index contributed by atoms with van der Waals surface area (Å²) in [5.74, 6) is 0.848. The molecule has 2 aromatic rings. The van der Waals surface area contributed by atoms with Gasteiger partial charge in [0.1, 0.15) is 0 Å². The minimum atomic E-state index is -0.145. The van der Waals surface area contributed by atoms with Crippen molar-refractivity contribution >= 4 is 42.4 Å². The summed E-state index contributed by atoms with van der Waals surface area (Å²) in [6.45, 7) is 5.99. The topological polar surface area (TPSA) is 44.3 Å². The standard InChI is InChI=1S/C20H26ClN5.2ClH/c1-25-12-14-26(15-13-25)19-23-9-6-18(24-19)20(7-10-22-11-8-20)16-4-2-3-5-17(16)21;;/h2-6,9,22H,7-8,10-15H2,1H3;2*1H. The van der Waals surface area contributed by atoms with Gasteiger partial charge in [0, 0.05) is 42.8 Å². The van der Waals surface area contributed by atoms with E-state index in [1.807, 2.05) is 18.3 Å². The zero-order valence-electron chi connectivity index (χ0n) is 16.1. The number of piperidine rings is 1. The molecule has 0 atom stereocenters. The van der Waals surface area contributed by atoms with Crippen molar-refractivity contribution in [3.05, 3.63) is 52.8 Å². The second-order valence-electron chi connectivity index (χ2n) is 7.34. The highest BCUT2D eigenvalue weighted by molar-refractivity contribution is 6.31. The van der Waals surface area contributed by atoms with Gasteiger partial charge in [-0.25, -0.2) is 9.97 Å². The average Bonchev–Trinajstić information content (AvgIpc) is 2.69. The lowest BCUT2D eigenvalue weighted by atomic mass is 9.70. The van der Waals surface area contributed by atoms with Crippen LogP contribution in [0.5, 0.6) is 0 Å². The third-order valence-corrected chi connectivity index (χ3v) is 6.10. The summed E-state index contributed by atoms with van der Waals surface area (Å²) < 4.78 is 0. The number of piperazine rings is 1. The highest BCUT2D eigenvalue weighted by Gasteiger charge is 2.39. The molecule has 0 spiro atoms. The third-order valence-electron chi connectivity index (χ3n) is 5.77. The third kappa shape index (κ3) is 4.55. The van der Waals surface area contributed by atoms with Gasteiger partial charge in [-0.2, -0.15) is 0 Å². The first-order valence-electron chi connectivity index (χ1n) is 9.42. The van der Waals surface area contributed by atoms with E-state index < -0.39 is 0 Å². The van der Waals surface area contributed by atoms with E-state index >= 15 is 0 Å². The van der Waals surface area contributed by atoms with Gasteiger partial charge < -0.3 is 15.1 Å². The number of benzene rings is 1. The predicted molar refractivity (Wildman–Crippen MR) is 121 cm³/mol. The Balaban J connectivity index is 0.00000140. The highest BCUT2D eigenvalue weighted by Crippen LogP contribution is 2.42. The van der Waals surface area contributed by atoms with Crippen molar-refractivity contribution in [2.75, 3.05) is 51.2 Å². The molecule has 2 fully saturated rings. The Morgan fingerprint density at radius 3 is 2.36 bits per heavy atom. The molecule has 2 aliphatic heterocycles. The molecule has 5 nitrogen and oxygen atoms in total. The lowest BCUT2D eigenvalue weighted by Gasteiger charge is -2.39. The summed E-state index contributed by atoms with van der Waals surface area (Å²) in [6.07, 6.45) is 3.91. The Morgan fingerprint density at radius 2 is 1.68 bits per heavy atom. The monoisotopic (exact) mass is 443 g/mol. The van der Waals surface area contributed by atoms with Crippen molar-refractivity contribution in [3.63, 3.8) is 0 Å². The van der Waals surface area contributed by atoms with Gasteiger partial charge in [-0.3, -0.25) is 0 Å². The first kappa shape index (κ1) is 23.2. The number of likely N-dealkylation sites (N-methyl/N-ethyl adjacent to an activating group) is 1. The Bertz CT molecular complexity index is 759. The maximum atomic E-state index is 6.62. The number of anilines is 1. The van der Waals surface area contributed by atoms with E-state index in [9.17, 15) is 0 Å². The number of rotatable bonds is 3. The molecule has 4 rings (SSSR count). The van der Waals surface area contributed by atoms with Crippen LogP contribution in [0.25, 0.3) is 0 Å². The Hall–Kier alpha value is -1.11. The lowest BCUT2D eigenvalue weighted by molar-refractivity contribution is 0.310. The molecule has 2 saturated heterocycles. The Kier molecular flexibility index (Phi) is 8.34. The maximum absolute atomic E-state index is 6.62. The normalized spacial score (nSPS) is 19.4. The van der Waals surface area contributed by atoms with E-state index in [0.29, 0.717) is 0 Å². The Labute approximate surface area is 184 Å². The van der Waals surface area contributed by atoms with Crippen LogP contribution in [-0.4, -0.2) is 61.2 Å². The van der Waals surface area contributed by atoms with Gasteiger partial charge in [0.25, 0.3) is 0 Å². The van der Waals surface area contributed by atoms with E-state index in [4.69, 9.17) is 16.6 Å². The maximum Gasteiger partial charge on any atom is 0.225 e. The van der Waals surface area contributed by atoms with E-state index in [0.717, 1.165) is 68.8 Å². The predicted octanol–water partition coefficient (Wildman–Crippen LogP) is 3.39. The van der Waals surface area contributed by atoms with Crippen LogP contribution in [0.15, 0.2) is 36.5 Å². The molecule has 154 valence electrons. The molecule has 0 aliphatic carbocycles. The van der Waals surface area contributed by atoms with Gasteiger partial charge in [-0.1, -0.05) is 29.8 Å². The van der Waals surface area contributed by atoms with Crippen molar-refractivity contribution in [2.45, 2.75) is 18.3 Å². The molecule has 0 bridgehead atoms. The van der Waals surface area contributed by atoms with Gasteiger partial charge in [-0.05, 0) is 50.7 Å². The fraction of sp³-hybridized carbons (Fsp3) is 0.500. The van der Waals surface area contributed by atoms with Gasteiger partial charge in [-0.15, -0.1) is 24.8 Å². The molecule has 8 heteroatoms. The molecule has 0 amide bonds. The number of halogens is 3. The van der Waals surface area contributed by atoms with Gasteiger partial charge in [0.15, 0.2) is 0 Å². The molecular formula is C20H28Cl3N5. The van der Waals surface area contributed by atoms with E-state index in [1.165, 1.54) is 5.56 Å². The van der Waals surface area contributed by atoms with Crippen LogP contribution < -0.4 is 10.2 Å². The van der Waals surface area contributed by atoms with Crippen molar-refractivity contribution in [1.82, 2.24) is 20.2 Å². The smallest absolute Gasteiger partial charge is 0.225 e. The number of hydrogen-bond donors (Lipinski definition) is 1. The minimum absolute atomic E-state index is 0. The molecule has 1 N–H and O–H groups in total. The first-order valence-corrected chi connectivity index (χ1v) is 9.80. The summed E-state index contributed by atoms with van der Waals surface area (Å²) in [4.78, 5) is 14.3. The fourth-order valence-corrected chi connectivity index (χ4v) is 4.46. The zero-order chi connectivity index (χ0) is 18.0. The summed E-state index contributed by atoms with van der Waals surface area (Å²) in [5.41, 5.74) is 2.13. The average molecular weight is 445 g/mol. The number of aromatic nitrogens is 2. The molecule has 0 saturated carbocycles. The summed E-state index contributed by atoms with van der Waals surface area (Å²) in [6, 6.07) is 10.3. The molecular weight excluding hydrogens is 417 g/mol. The summed E-state index contributed by atoms with van der Waals surface area (Å²) >= 11 is 6.62. The van der Waals surface area contributed by atoms with Crippen molar-refractivity contribution < 1.29 is 0 Å². The molecule has 2 aliphatic rings. The summed E-state index contributed by atoms with van der Waals surface area (Å²) in [7, 11) is 2.16. The molecule has 28 heavy (non-hydrogen) atoms. The fourth-order valence-electron chi connectivity index (χ4n) is 4.14. The highest BCUT2D eigenvalue weighted by atomic mass is 35.5. The largest absolute Gasteiger partial charge is 0.338 e. The van der Waals surface area contributed by atoms with E-state index in [1.54, 1.807) is 0 Å². The van der Waals surface area contributed by atoms with Gasteiger partial charge >= 0.3 is 0 Å². The molecule has 1 aromatic carbocycles. The second kappa shape index (κ2) is 10.1. The number of nitrogens with zero attached hydrogens (tertiary/aromatic N) is 4. The van der Waals surface area contributed by atoms with Crippen LogP contribution in [-0.2, 0) is 5.41 Å². The molecule has 3 heterocycles. The second-order valence-corrected chi connectivity index (χ2v) is 7.75. The molecule has 1 aromatic heterocycles. The van der Waals surface area contributed by atoms with Crippen molar-refractivity contribution in [2.24, 2.45) is 0 Å². The lowest BCUT2D eigenvalue weighted by Crippen LogP contribution is -2.46. The zero-order valence-corrected chi connectivity index (χ0v) is 18.5. The van der Waals surface area contributed by atoms with Crippen LogP contribution >= 0.6 is 36.4 Å². The van der Waals surface area contributed by atoms with Crippen LogP contribution in [0, 0.1) is 0 Å². The SMILES string of the molecule is CN1CCN(c2nccc(C3(c4ccccc4Cl)CCNCC3)n2)CC1.Cl.Cl. The quantitative estimate of drug-likeness (QED) is 0.786. The van der Waals surface area contributed by atoms with Crippen LogP contribution in [0.3, 0.4) is 0 Å². The Morgan fingerprint density at radius 1 is 1.00 bits per heavy atom. The molecule has 0 radical (unpaired) electrons. The van der Waals surface area contributed by atoms with E-state index in [2.05, 4.69) is 45.3 Å². The van der Waals surface area contributed by atoms with Gasteiger partial charge in [0.2, 0.25) is 5.95 Å². The van der Waals surface area contributed by atoms with Crippen molar-refractivity contribution in [3.8, 4) is 0 Å².